The van der Waals surface area contributed by atoms with E-state index in [9.17, 15) is 28.8 Å². The zero-order valence-electron chi connectivity index (χ0n) is 20.9. The molecule has 0 fully saturated rings. The minimum Gasteiger partial charge on any atom is -0.480 e. The highest BCUT2D eigenvalue weighted by molar-refractivity contribution is 6.38. The average Bonchev–Trinajstić information content (AvgIpc) is 2.75. The average molecular weight is 486 g/mol. The normalized spacial score (nSPS) is 14.7. The Morgan fingerprint density at radius 3 is 1.71 bits per heavy atom. The lowest BCUT2D eigenvalue weighted by Crippen LogP contribution is -2.58. The number of Topliss-reactive ketones (excluding diaryl/α,β-unsaturated/α-hetero) is 1. The van der Waals surface area contributed by atoms with Crippen molar-refractivity contribution < 1.29 is 33.9 Å². The second-order valence-electron chi connectivity index (χ2n) is 9.14. The number of nitrogens with two attached hydrogens (primary N) is 1. The summed E-state index contributed by atoms with van der Waals surface area (Å²) >= 11 is 0. The number of hydrogen-bond acceptors (Lipinski definition) is 7. The Hall–Kier alpha value is -3.02. The Labute approximate surface area is 200 Å². The Morgan fingerprint density at radius 2 is 1.29 bits per heavy atom. The van der Waals surface area contributed by atoms with Gasteiger partial charge in [0.25, 0.3) is 5.91 Å². The van der Waals surface area contributed by atoms with E-state index in [0.29, 0.717) is 0 Å². The number of carboxylic acid groups (broad SMARTS) is 1. The van der Waals surface area contributed by atoms with E-state index in [4.69, 9.17) is 10.8 Å². The predicted octanol–water partition coefficient (Wildman–Crippen LogP) is -1.08. The molecule has 0 aromatic heterocycles. The molecule has 0 aromatic carbocycles. The van der Waals surface area contributed by atoms with Crippen LogP contribution in [0, 0.1) is 17.8 Å². The van der Waals surface area contributed by atoms with Gasteiger partial charge in [0.2, 0.25) is 23.5 Å². The number of amides is 4. The number of carboxylic acids is 1. The van der Waals surface area contributed by atoms with Crippen molar-refractivity contribution in [3.8, 4) is 0 Å². The monoisotopic (exact) mass is 485 g/mol. The maximum atomic E-state index is 12.8. The molecule has 12 nitrogen and oxygen atoms in total. The largest absolute Gasteiger partial charge is 0.480 e. The summed E-state index contributed by atoms with van der Waals surface area (Å²) in [6, 6.07) is -4.12. The molecule has 7 N–H and O–H groups in total. The third-order valence-corrected chi connectivity index (χ3v) is 5.19. The van der Waals surface area contributed by atoms with Crippen molar-refractivity contribution in [3.05, 3.63) is 0 Å². The lowest BCUT2D eigenvalue weighted by Gasteiger charge is -2.26. The Kier molecular flexibility index (Phi) is 13.0. The molecular weight excluding hydrogens is 446 g/mol. The number of nitrogens with one attached hydrogen (secondary N) is 4. The molecule has 4 atom stereocenters. The van der Waals surface area contributed by atoms with Crippen molar-refractivity contribution in [1.82, 2.24) is 21.3 Å². The standard InChI is InChI=1S/C22H39N5O7/c1-8-13(25-20(31)16(11(4)5)27-19(30)15(23)10(2)3)18(29)21(32)24-9-14(28)26-17(12(6)7)22(33)34/h10-13,15-17H,8-9,23H2,1-7H3,(H,24,32)(H,25,31)(H,26,28)(H,27,30)(H,33,34)/t13-,15+,16+,17+/m1/s1. The van der Waals surface area contributed by atoms with Crippen LogP contribution < -0.4 is 27.0 Å². The molecule has 0 saturated heterocycles. The van der Waals surface area contributed by atoms with Crippen LogP contribution in [0.3, 0.4) is 0 Å². The first-order valence-electron chi connectivity index (χ1n) is 11.3. The van der Waals surface area contributed by atoms with Gasteiger partial charge in [-0.1, -0.05) is 48.5 Å². The third kappa shape index (κ3) is 9.86. The van der Waals surface area contributed by atoms with Crippen LogP contribution in [0.25, 0.3) is 0 Å². The van der Waals surface area contributed by atoms with Crippen molar-refractivity contribution >= 4 is 35.4 Å². The van der Waals surface area contributed by atoms with E-state index in [1.54, 1.807) is 48.5 Å². The fraction of sp³-hybridized carbons (Fsp3) is 0.727. The number of aliphatic carboxylic acids is 1. The summed E-state index contributed by atoms with van der Waals surface area (Å²) in [6.07, 6.45) is 0.0862. The fourth-order valence-corrected chi connectivity index (χ4v) is 2.85. The molecule has 0 saturated carbocycles. The lowest BCUT2D eigenvalue weighted by atomic mass is 9.99. The zero-order valence-corrected chi connectivity index (χ0v) is 20.9. The van der Waals surface area contributed by atoms with Crippen LogP contribution in [-0.2, 0) is 28.8 Å². The fourth-order valence-electron chi connectivity index (χ4n) is 2.85. The van der Waals surface area contributed by atoms with Crippen LogP contribution in [0.5, 0.6) is 0 Å². The van der Waals surface area contributed by atoms with Crippen LogP contribution in [0.1, 0.15) is 54.9 Å². The molecule has 194 valence electrons. The van der Waals surface area contributed by atoms with E-state index >= 15 is 0 Å². The zero-order chi connectivity index (χ0) is 26.7. The third-order valence-electron chi connectivity index (χ3n) is 5.19. The maximum Gasteiger partial charge on any atom is 0.326 e. The molecule has 0 radical (unpaired) electrons. The summed E-state index contributed by atoms with van der Waals surface area (Å²) < 4.78 is 0. The van der Waals surface area contributed by atoms with Crippen LogP contribution >= 0.6 is 0 Å². The first kappa shape index (κ1) is 31.0. The molecule has 0 spiro atoms. The minimum atomic E-state index is -1.22. The van der Waals surface area contributed by atoms with E-state index in [-0.39, 0.29) is 24.2 Å². The highest BCUT2D eigenvalue weighted by Gasteiger charge is 2.32. The molecule has 34 heavy (non-hydrogen) atoms. The molecule has 0 aliphatic carbocycles. The predicted molar refractivity (Wildman–Crippen MR) is 124 cm³/mol. The van der Waals surface area contributed by atoms with Crippen LogP contribution in [0.4, 0.5) is 0 Å². The summed E-state index contributed by atoms with van der Waals surface area (Å²) in [6.45, 7) is 11.2. The molecule has 0 aromatic rings. The van der Waals surface area contributed by atoms with E-state index in [0.717, 1.165) is 0 Å². The number of hydrogen-bond donors (Lipinski definition) is 6. The highest BCUT2D eigenvalue weighted by atomic mass is 16.4. The van der Waals surface area contributed by atoms with Crippen molar-refractivity contribution in [2.45, 2.75) is 79.1 Å². The van der Waals surface area contributed by atoms with Gasteiger partial charge in [0.15, 0.2) is 0 Å². The Morgan fingerprint density at radius 1 is 0.765 bits per heavy atom. The first-order chi connectivity index (χ1) is 15.6. The summed E-state index contributed by atoms with van der Waals surface area (Å²) in [5.74, 6) is -6.09. The number of rotatable bonds is 14. The SMILES string of the molecule is CC[C@@H](NC(=O)[C@@H](NC(=O)[C@@H](N)C(C)C)C(C)C)C(=O)C(=O)NCC(=O)N[C@H](C(=O)O)C(C)C. The van der Waals surface area contributed by atoms with Gasteiger partial charge >= 0.3 is 5.97 Å². The summed E-state index contributed by atoms with van der Waals surface area (Å²) in [5.41, 5.74) is 5.83. The lowest BCUT2D eigenvalue weighted by molar-refractivity contribution is -0.143. The first-order valence-corrected chi connectivity index (χ1v) is 11.3. The molecule has 0 heterocycles. The van der Waals surface area contributed by atoms with Gasteiger partial charge in [-0.05, 0) is 24.2 Å². The van der Waals surface area contributed by atoms with Crippen LogP contribution in [-0.4, -0.2) is 71.2 Å². The second kappa shape index (κ2) is 14.3. The molecule has 0 unspecified atom stereocenters. The van der Waals surface area contributed by atoms with Gasteiger partial charge < -0.3 is 32.1 Å². The second-order valence-corrected chi connectivity index (χ2v) is 9.14. The van der Waals surface area contributed by atoms with E-state index < -0.39 is 66.1 Å². The summed E-state index contributed by atoms with van der Waals surface area (Å²) in [7, 11) is 0. The number of ketones is 1. The molecule has 12 heteroatoms. The van der Waals surface area contributed by atoms with Crippen molar-refractivity contribution in [2.24, 2.45) is 23.5 Å². The van der Waals surface area contributed by atoms with Gasteiger partial charge in [0.1, 0.15) is 12.1 Å². The van der Waals surface area contributed by atoms with Gasteiger partial charge in [-0.3, -0.25) is 24.0 Å². The highest BCUT2D eigenvalue weighted by Crippen LogP contribution is 2.06. The number of carbonyl (C=O) groups is 6. The van der Waals surface area contributed by atoms with Crippen molar-refractivity contribution in [2.75, 3.05) is 6.54 Å². The Bertz CT molecular complexity index is 767. The number of carbonyl (C=O) groups excluding carboxylic acids is 5. The molecule has 4 amide bonds. The quantitative estimate of drug-likeness (QED) is 0.167. The molecule has 0 bridgehead atoms. The minimum absolute atomic E-state index is 0.0862. The van der Waals surface area contributed by atoms with Gasteiger partial charge in [-0.25, -0.2) is 4.79 Å². The molecule has 0 aliphatic heterocycles. The summed E-state index contributed by atoms with van der Waals surface area (Å²) in [4.78, 5) is 72.9. The van der Waals surface area contributed by atoms with Gasteiger partial charge in [0, 0.05) is 0 Å². The van der Waals surface area contributed by atoms with Crippen molar-refractivity contribution in [3.63, 3.8) is 0 Å². The van der Waals surface area contributed by atoms with Crippen molar-refractivity contribution in [1.29, 1.82) is 0 Å². The van der Waals surface area contributed by atoms with E-state index in [2.05, 4.69) is 21.3 Å². The molecule has 0 aliphatic rings. The maximum absolute atomic E-state index is 12.8. The van der Waals surface area contributed by atoms with E-state index in [1.165, 1.54) is 0 Å². The molecular formula is C22H39N5O7. The Balaban J connectivity index is 5.08. The van der Waals surface area contributed by atoms with Gasteiger partial charge in [0.05, 0.1) is 18.6 Å². The van der Waals surface area contributed by atoms with E-state index in [1.807, 2.05) is 0 Å². The van der Waals surface area contributed by atoms with Gasteiger partial charge in [-0.2, -0.15) is 0 Å². The van der Waals surface area contributed by atoms with Crippen LogP contribution in [0.2, 0.25) is 0 Å². The molecule has 0 rings (SSSR count). The smallest absolute Gasteiger partial charge is 0.326 e. The summed E-state index contributed by atoms with van der Waals surface area (Å²) in [5, 5.41) is 18.6. The topological polar surface area (TPSA) is 197 Å². The van der Waals surface area contributed by atoms with Crippen LogP contribution in [0.15, 0.2) is 0 Å². The van der Waals surface area contributed by atoms with Gasteiger partial charge in [-0.15, -0.1) is 0 Å².